The molecule has 5 heteroatoms. The van der Waals surface area contributed by atoms with Crippen molar-refractivity contribution in [1.82, 2.24) is 10.2 Å². The highest BCUT2D eigenvalue weighted by molar-refractivity contribution is 5.89. The van der Waals surface area contributed by atoms with Crippen LogP contribution in [-0.4, -0.2) is 23.3 Å². The molecule has 1 fully saturated rings. The van der Waals surface area contributed by atoms with Crippen molar-refractivity contribution in [1.29, 1.82) is 0 Å². The minimum absolute atomic E-state index is 0.00288. The molecule has 2 heterocycles. The normalized spacial score (nSPS) is 17.5. The average molecular weight is 312 g/mol. The van der Waals surface area contributed by atoms with Crippen molar-refractivity contribution in [3.63, 3.8) is 0 Å². The number of nitrogens with one attached hydrogen (secondary N) is 1. The van der Waals surface area contributed by atoms with Crippen LogP contribution < -0.4 is 5.32 Å². The van der Waals surface area contributed by atoms with E-state index in [0.29, 0.717) is 19.6 Å². The van der Waals surface area contributed by atoms with E-state index < -0.39 is 0 Å². The van der Waals surface area contributed by atoms with E-state index in [-0.39, 0.29) is 24.2 Å². The Kier molecular flexibility index (Phi) is 4.46. The van der Waals surface area contributed by atoms with Crippen molar-refractivity contribution in [2.75, 3.05) is 6.54 Å². The topological polar surface area (TPSA) is 62.6 Å². The summed E-state index contributed by atoms with van der Waals surface area (Å²) in [5.74, 6) is 0.375. The molecule has 0 aliphatic carbocycles. The standard InChI is InChI=1S/C18H20N2O3/c1-13-4-6-14(7-5-13)10-19-18(22)15-9-17(21)20(11-15)12-16-3-2-8-23-16/h2-8,15H,9-12H2,1H3,(H,19,22). The SMILES string of the molecule is Cc1ccc(CNC(=O)C2CC(=O)N(Cc3ccco3)C2)cc1. The van der Waals surface area contributed by atoms with Crippen molar-refractivity contribution < 1.29 is 14.0 Å². The number of furan rings is 1. The monoisotopic (exact) mass is 312 g/mol. The highest BCUT2D eigenvalue weighted by Crippen LogP contribution is 2.20. The molecular weight excluding hydrogens is 292 g/mol. The molecule has 1 atom stereocenters. The molecule has 2 aromatic rings. The molecule has 0 radical (unpaired) electrons. The van der Waals surface area contributed by atoms with Crippen LogP contribution in [0.4, 0.5) is 0 Å². The van der Waals surface area contributed by atoms with Crippen LogP contribution in [0.5, 0.6) is 0 Å². The molecule has 1 unspecified atom stereocenters. The third-order valence-corrected chi connectivity index (χ3v) is 4.10. The van der Waals surface area contributed by atoms with Crippen molar-refractivity contribution >= 4 is 11.8 Å². The number of aryl methyl sites for hydroxylation is 1. The zero-order valence-electron chi connectivity index (χ0n) is 13.1. The van der Waals surface area contributed by atoms with Gasteiger partial charge in [-0.1, -0.05) is 29.8 Å². The van der Waals surface area contributed by atoms with Crippen LogP contribution in [0.3, 0.4) is 0 Å². The Labute approximate surface area is 135 Å². The minimum atomic E-state index is -0.289. The maximum Gasteiger partial charge on any atom is 0.225 e. The van der Waals surface area contributed by atoms with Gasteiger partial charge in [-0.3, -0.25) is 9.59 Å². The fourth-order valence-electron chi connectivity index (χ4n) is 2.73. The van der Waals surface area contributed by atoms with Crippen LogP contribution in [0.2, 0.25) is 0 Å². The lowest BCUT2D eigenvalue weighted by Crippen LogP contribution is -2.32. The largest absolute Gasteiger partial charge is 0.467 e. The molecule has 2 amide bonds. The van der Waals surface area contributed by atoms with Crippen LogP contribution in [0, 0.1) is 12.8 Å². The number of rotatable bonds is 5. The number of benzene rings is 1. The lowest BCUT2D eigenvalue weighted by molar-refractivity contribution is -0.129. The summed E-state index contributed by atoms with van der Waals surface area (Å²) in [5, 5.41) is 2.92. The summed E-state index contributed by atoms with van der Waals surface area (Å²) < 4.78 is 5.26. The van der Waals surface area contributed by atoms with Gasteiger partial charge >= 0.3 is 0 Å². The van der Waals surface area contributed by atoms with Crippen molar-refractivity contribution in [3.05, 3.63) is 59.5 Å². The number of amides is 2. The van der Waals surface area contributed by atoms with Crippen LogP contribution in [0.1, 0.15) is 23.3 Å². The zero-order valence-corrected chi connectivity index (χ0v) is 13.1. The van der Waals surface area contributed by atoms with Crippen LogP contribution >= 0.6 is 0 Å². The van der Waals surface area contributed by atoms with E-state index in [2.05, 4.69) is 5.32 Å². The Bertz CT molecular complexity index is 677. The summed E-state index contributed by atoms with van der Waals surface area (Å²) in [4.78, 5) is 26.0. The quantitative estimate of drug-likeness (QED) is 0.921. The summed E-state index contributed by atoms with van der Waals surface area (Å²) in [7, 11) is 0. The van der Waals surface area contributed by atoms with E-state index >= 15 is 0 Å². The molecule has 23 heavy (non-hydrogen) atoms. The lowest BCUT2D eigenvalue weighted by atomic mass is 10.1. The Balaban J connectivity index is 1.52. The van der Waals surface area contributed by atoms with Crippen molar-refractivity contribution in [2.24, 2.45) is 5.92 Å². The van der Waals surface area contributed by atoms with Crippen LogP contribution in [0.25, 0.3) is 0 Å². The summed E-state index contributed by atoms with van der Waals surface area (Å²) >= 11 is 0. The van der Waals surface area contributed by atoms with Gasteiger partial charge < -0.3 is 14.6 Å². The van der Waals surface area contributed by atoms with Gasteiger partial charge in [0.15, 0.2) is 0 Å². The van der Waals surface area contributed by atoms with E-state index in [1.807, 2.05) is 37.3 Å². The molecule has 120 valence electrons. The molecule has 3 rings (SSSR count). The van der Waals surface area contributed by atoms with Gasteiger partial charge in [0.25, 0.3) is 0 Å². The van der Waals surface area contributed by atoms with Crippen molar-refractivity contribution in [3.8, 4) is 0 Å². The molecule has 1 aromatic heterocycles. The first kappa shape index (κ1) is 15.3. The minimum Gasteiger partial charge on any atom is -0.467 e. The maximum atomic E-state index is 12.3. The number of hydrogen-bond donors (Lipinski definition) is 1. The zero-order chi connectivity index (χ0) is 16.2. The highest BCUT2D eigenvalue weighted by Gasteiger charge is 2.34. The van der Waals surface area contributed by atoms with E-state index in [1.54, 1.807) is 17.2 Å². The molecular formula is C18H20N2O3. The van der Waals surface area contributed by atoms with E-state index in [9.17, 15) is 9.59 Å². The van der Waals surface area contributed by atoms with Gasteiger partial charge in [-0.05, 0) is 24.6 Å². The van der Waals surface area contributed by atoms with E-state index in [0.717, 1.165) is 11.3 Å². The molecule has 0 spiro atoms. The predicted molar refractivity (Wildman–Crippen MR) is 85.3 cm³/mol. The Morgan fingerprint density at radius 3 is 2.78 bits per heavy atom. The van der Waals surface area contributed by atoms with Gasteiger partial charge in [-0.15, -0.1) is 0 Å². The number of carbonyl (C=O) groups is 2. The molecule has 1 saturated heterocycles. The molecule has 0 saturated carbocycles. The van der Waals surface area contributed by atoms with Gasteiger partial charge in [-0.25, -0.2) is 0 Å². The number of nitrogens with zero attached hydrogens (tertiary/aromatic N) is 1. The molecule has 1 aromatic carbocycles. The molecule has 5 nitrogen and oxygen atoms in total. The first-order valence-corrected chi connectivity index (χ1v) is 7.75. The molecule has 1 N–H and O–H groups in total. The number of hydrogen-bond acceptors (Lipinski definition) is 3. The third kappa shape index (κ3) is 3.80. The highest BCUT2D eigenvalue weighted by atomic mass is 16.3. The first-order chi connectivity index (χ1) is 11.1. The number of carbonyl (C=O) groups excluding carboxylic acids is 2. The van der Waals surface area contributed by atoms with Crippen LogP contribution in [0.15, 0.2) is 47.1 Å². The molecule has 1 aliphatic heterocycles. The summed E-state index contributed by atoms with van der Waals surface area (Å²) in [5.41, 5.74) is 2.25. The second-order valence-corrected chi connectivity index (χ2v) is 5.96. The van der Waals surface area contributed by atoms with Gasteiger partial charge in [0.1, 0.15) is 5.76 Å². The second-order valence-electron chi connectivity index (χ2n) is 5.96. The Morgan fingerprint density at radius 1 is 1.30 bits per heavy atom. The van der Waals surface area contributed by atoms with Crippen LogP contribution in [-0.2, 0) is 22.7 Å². The molecule has 1 aliphatic rings. The van der Waals surface area contributed by atoms with Gasteiger partial charge in [0, 0.05) is 19.5 Å². The first-order valence-electron chi connectivity index (χ1n) is 7.75. The van der Waals surface area contributed by atoms with E-state index in [4.69, 9.17) is 4.42 Å². The Hall–Kier alpha value is -2.56. The van der Waals surface area contributed by atoms with Gasteiger partial charge in [-0.2, -0.15) is 0 Å². The summed E-state index contributed by atoms with van der Waals surface area (Å²) in [6.45, 7) is 3.38. The third-order valence-electron chi connectivity index (χ3n) is 4.10. The smallest absolute Gasteiger partial charge is 0.225 e. The number of likely N-dealkylation sites (tertiary alicyclic amines) is 1. The fourth-order valence-corrected chi connectivity index (χ4v) is 2.73. The lowest BCUT2D eigenvalue weighted by Gasteiger charge is -2.15. The van der Waals surface area contributed by atoms with Crippen molar-refractivity contribution in [2.45, 2.75) is 26.4 Å². The summed E-state index contributed by atoms with van der Waals surface area (Å²) in [6, 6.07) is 11.7. The fraction of sp³-hybridized carbons (Fsp3) is 0.333. The van der Waals surface area contributed by atoms with Gasteiger partial charge in [0.05, 0.1) is 18.7 Å². The summed E-state index contributed by atoms with van der Waals surface area (Å²) in [6.07, 6.45) is 1.85. The average Bonchev–Trinajstić information content (AvgIpc) is 3.17. The Morgan fingerprint density at radius 2 is 2.09 bits per heavy atom. The maximum absolute atomic E-state index is 12.3. The second kappa shape index (κ2) is 6.69. The molecule has 0 bridgehead atoms. The van der Waals surface area contributed by atoms with Gasteiger partial charge in [0.2, 0.25) is 11.8 Å². The predicted octanol–water partition coefficient (Wildman–Crippen LogP) is 2.25. The van der Waals surface area contributed by atoms with E-state index in [1.165, 1.54) is 5.56 Å².